The molecule has 2 heterocycles. The lowest BCUT2D eigenvalue weighted by molar-refractivity contribution is 0.239. The summed E-state index contributed by atoms with van der Waals surface area (Å²) in [7, 11) is 0. The van der Waals surface area contributed by atoms with Crippen molar-refractivity contribution >= 4 is 27.3 Å². The molecule has 0 saturated carbocycles. The van der Waals surface area contributed by atoms with Gasteiger partial charge in [-0.25, -0.2) is 8.78 Å². The molecule has 1 N–H and O–H groups in total. The summed E-state index contributed by atoms with van der Waals surface area (Å²) in [5.41, 5.74) is 0.539. The van der Waals surface area contributed by atoms with E-state index < -0.39 is 11.6 Å². The Morgan fingerprint density at radius 2 is 2.00 bits per heavy atom. The number of hydrogen-bond donors (Lipinski definition) is 1. The summed E-state index contributed by atoms with van der Waals surface area (Å²) in [6, 6.07) is 7.70. The molecule has 2 aromatic rings. The Labute approximate surface area is 141 Å². The van der Waals surface area contributed by atoms with E-state index >= 15 is 0 Å². The maximum Gasteiger partial charge on any atom is 0.131 e. The first kappa shape index (κ1) is 16.1. The molecule has 22 heavy (non-hydrogen) atoms. The average molecular weight is 387 g/mol. The van der Waals surface area contributed by atoms with Crippen LogP contribution in [0.1, 0.15) is 22.9 Å². The van der Waals surface area contributed by atoms with Gasteiger partial charge in [0.15, 0.2) is 0 Å². The van der Waals surface area contributed by atoms with Gasteiger partial charge < -0.3 is 5.32 Å². The molecule has 1 fully saturated rings. The van der Waals surface area contributed by atoms with Crippen LogP contribution in [0.2, 0.25) is 0 Å². The summed E-state index contributed by atoms with van der Waals surface area (Å²) in [6.45, 7) is 3.59. The molecule has 1 aliphatic heterocycles. The molecule has 1 aliphatic rings. The third kappa shape index (κ3) is 3.56. The van der Waals surface area contributed by atoms with Crippen molar-refractivity contribution in [2.45, 2.75) is 12.5 Å². The van der Waals surface area contributed by atoms with E-state index in [9.17, 15) is 8.78 Å². The highest BCUT2D eigenvalue weighted by Gasteiger charge is 2.27. The van der Waals surface area contributed by atoms with E-state index in [0.29, 0.717) is 5.56 Å². The van der Waals surface area contributed by atoms with Crippen LogP contribution in [0.25, 0.3) is 0 Å². The Hall–Kier alpha value is -0.820. The van der Waals surface area contributed by atoms with Crippen LogP contribution in [0.4, 0.5) is 8.78 Å². The van der Waals surface area contributed by atoms with Crippen LogP contribution < -0.4 is 5.32 Å². The van der Waals surface area contributed by atoms with Crippen molar-refractivity contribution in [3.63, 3.8) is 0 Å². The Morgan fingerprint density at radius 3 is 2.73 bits per heavy atom. The second-order valence-electron chi connectivity index (χ2n) is 5.35. The van der Waals surface area contributed by atoms with Crippen molar-refractivity contribution in [2.24, 2.45) is 0 Å². The summed E-state index contributed by atoms with van der Waals surface area (Å²) < 4.78 is 28.6. The van der Waals surface area contributed by atoms with Crippen LogP contribution >= 0.6 is 27.3 Å². The SMILES string of the molecule is Fc1ccc(C(c2ccc(Br)s2)N2CCCNCC2)c(F)c1. The van der Waals surface area contributed by atoms with Gasteiger partial charge in [0.25, 0.3) is 0 Å². The summed E-state index contributed by atoms with van der Waals surface area (Å²) >= 11 is 5.07. The Morgan fingerprint density at radius 1 is 1.14 bits per heavy atom. The van der Waals surface area contributed by atoms with E-state index in [2.05, 4.69) is 26.1 Å². The predicted octanol–water partition coefficient (Wildman–Crippen LogP) is 4.17. The van der Waals surface area contributed by atoms with Crippen molar-refractivity contribution < 1.29 is 8.78 Å². The first-order valence-corrected chi connectivity index (χ1v) is 8.91. The maximum absolute atomic E-state index is 14.4. The highest BCUT2D eigenvalue weighted by molar-refractivity contribution is 9.11. The molecule has 1 unspecified atom stereocenters. The van der Waals surface area contributed by atoms with Crippen LogP contribution in [0.15, 0.2) is 34.1 Å². The molecular weight excluding hydrogens is 370 g/mol. The van der Waals surface area contributed by atoms with Crippen molar-refractivity contribution in [2.75, 3.05) is 26.2 Å². The van der Waals surface area contributed by atoms with E-state index in [4.69, 9.17) is 0 Å². The fourth-order valence-corrected chi connectivity index (χ4v) is 4.43. The van der Waals surface area contributed by atoms with E-state index in [1.807, 2.05) is 12.1 Å². The minimum absolute atomic E-state index is 0.170. The van der Waals surface area contributed by atoms with Crippen molar-refractivity contribution in [3.8, 4) is 0 Å². The number of rotatable bonds is 3. The molecule has 1 atom stereocenters. The van der Waals surface area contributed by atoms with Gasteiger partial charge in [0.2, 0.25) is 0 Å². The molecule has 0 spiro atoms. The maximum atomic E-state index is 14.4. The number of nitrogens with zero attached hydrogens (tertiary/aromatic N) is 1. The van der Waals surface area contributed by atoms with Gasteiger partial charge in [0.05, 0.1) is 9.83 Å². The summed E-state index contributed by atoms with van der Waals surface area (Å²) in [4.78, 5) is 3.34. The number of thiophene rings is 1. The molecule has 3 rings (SSSR count). The molecule has 6 heteroatoms. The van der Waals surface area contributed by atoms with Crippen LogP contribution in [0.3, 0.4) is 0 Å². The highest BCUT2D eigenvalue weighted by Crippen LogP contribution is 2.36. The zero-order valence-corrected chi connectivity index (χ0v) is 14.4. The van der Waals surface area contributed by atoms with Gasteiger partial charge in [0.1, 0.15) is 11.6 Å². The number of hydrogen-bond acceptors (Lipinski definition) is 3. The summed E-state index contributed by atoms with van der Waals surface area (Å²) in [6.07, 6.45) is 1.02. The van der Waals surface area contributed by atoms with Crippen LogP contribution in [0, 0.1) is 11.6 Å². The highest BCUT2D eigenvalue weighted by atomic mass is 79.9. The Bertz CT molecular complexity index is 639. The van der Waals surface area contributed by atoms with Crippen LogP contribution in [-0.2, 0) is 0 Å². The fraction of sp³-hybridized carbons (Fsp3) is 0.375. The zero-order chi connectivity index (χ0) is 15.5. The van der Waals surface area contributed by atoms with E-state index in [-0.39, 0.29) is 6.04 Å². The molecule has 0 radical (unpaired) electrons. The van der Waals surface area contributed by atoms with Crippen molar-refractivity contribution in [1.82, 2.24) is 10.2 Å². The second kappa shape index (κ2) is 7.17. The summed E-state index contributed by atoms with van der Waals surface area (Å²) in [5.74, 6) is -1.02. The zero-order valence-electron chi connectivity index (χ0n) is 12.0. The van der Waals surface area contributed by atoms with Gasteiger partial charge in [-0.2, -0.15) is 0 Å². The van der Waals surface area contributed by atoms with E-state index in [1.54, 1.807) is 17.4 Å². The van der Waals surface area contributed by atoms with Gasteiger partial charge >= 0.3 is 0 Å². The van der Waals surface area contributed by atoms with Crippen molar-refractivity contribution in [1.29, 1.82) is 0 Å². The normalized spacial score (nSPS) is 18.1. The second-order valence-corrected chi connectivity index (χ2v) is 7.84. The monoisotopic (exact) mass is 386 g/mol. The molecule has 2 nitrogen and oxygen atoms in total. The molecule has 0 amide bonds. The molecule has 0 bridgehead atoms. The quantitative estimate of drug-likeness (QED) is 0.851. The number of halogens is 3. The first-order chi connectivity index (χ1) is 10.6. The molecule has 1 saturated heterocycles. The lowest BCUT2D eigenvalue weighted by atomic mass is 10.0. The minimum atomic E-state index is -0.537. The van der Waals surface area contributed by atoms with Gasteiger partial charge in [-0.15, -0.1) is 11.3 Å². The molecule has 1 aromatic carbocycles. The van der Waals surface area contributed by atoms with Crippen LogP contribution in [0.5, 0.6) is 0 Å². The Balaban J connectivity index is 2.01. The molecular formula is C16H17BrF2N2S. The lowest BCUT2D eigenvalue weighted by Gasteiger charge is -2.30. The largest absolute Gasteiger partial charge is 0.315 e. The van der Waals surface area contributed by atoms with Crippen LogP contribution in [-0.4, -0.2) is 31.1 Å². The summed E-state index contributed by atoms with van der Waals surface area (Å²) in [5, 5.41) is 3.36. The standard InChI is InChI=1S/C16H17BrF2N2S/c17-15-5-4-14(22-15)16(21-8-1-6-20-7-9-21)12-3-2-11(18)10-13(12)19/h2-5,10,16,20H,1,6-9H2. The van der Waals surface area contributed by atoms with Gasteiger partial charge in [-0.05, 0) is 47.1 Å². The Kier molecular flexibility index (Phi) is 5.23. The van der Waals surface area contributed by atoms with Gasteiger partial charge in [-0.1, -0.05) is 6.07 Å². The lowest BCUT2D eigenvalue weighted by Crippen LogP contribution is -2.33. The first-order valence-electron chi connectivity index (χ1n) is 7.30. The average Bonchev–Trinajstić information content (AvgIpc) is 2.74. The predicted molar refractivity (Wildman–Crippen MR) is 89.3 cm³/mol. The smallest absolute Gasteiger partial charge is 0.131 e. The van der Waals surface area contributed by atoms with Gasteiger partial charge in [-0.3, -0.25) is 4.90 Å². The van der Waals surface area contributed by atoms with Crippen molar-refractivity contribution in [3.05, 3.63) is 56.2 Å². The topological polar surface area (TPSA) is 15.3 Å². The number of benzene rings is 1. The van der Waals surface area contributed by atoms with Gasteiger partial charge in [0, 0.05) is 36.1 Å². The van der Waals surface area contributed by atoms with E-state index in [1.165, 1.54) is 6.07 Å². The third-order valence-corrected chi connectivity index (χ3v) is 5.54. The third-order valence-electron chi connectivity index (χ3n) is 3.86. The van der Waals surface area contributed by atoms with E-state index in [0.717, 1.165) is 47.3 Å². The fourth-order valence-electron chi connectivity index (χ4n) is 2.85. The minimum Gasteiger partial charge on any atom is -0.315 e. The number of nitrogens with one attached hydrogen (secondary N) is 1. The molecule has 118 valence electrons. The molecule has 0 aliphatic carbocycles. The molecule has 1 aromatic heterocycles.